The Balaban J connectivity index is 2.64. The molecule has 118 valence electrons. The number of benzene rings is 2. The van der Waals surface area contributed by atoms with Gasteiger partial charge in [-0.15, -0.1) is 11.6 Å². The highest BCUT2D eigenvalue weighted by Crippen LogP contribution is 2.40. The van der Waals surface area contributed by atoms with E-state index >= 15 is 0 Å². The van der Waals surface area contributed by atoms with Crippen LogP contribution in [0.25, 0.3) is 11.1 Å². The number of hydrogen-bond donors (Lipinski definition) is 0. The highest BCUT2D eigenvalue weighted by Gasteiger charge is 2.35. The summed E-state index contributed by atoms with van der Waals surface area (Å²) in [4.78, 5) is 0. The summed E-state index contributed by atoms with van der Waals surface area (Å²) >= 11 is 5.62. The molecule has 22 heavy (non-hydrogen) atoms. The van der Waals surface area contributed by atoms with E-state index in [0.29, 0.717) is 0 Å². The van der Waals surface area contributed by atoms with Crippen molar-refractivity contribution in [2.45, 2.75) is 18.2 Å². The van der Waals surface area contributed by atoms with Gasteiger partial charge in [-0.3, -0.25) is 0 Å². The van der Waals surface area contributed by atoms with Crippen molar-refractivity contribution in [1.82, 2.24) is 0 Å². The average molecular weight is 339 g/mol. The minimum absolute atomic E-state index is 0.00630. The van der Waals surface area contributed by atoms with Gasteiger partial charge in [0.25, 0.3) is 0 Å². The molecule has 2 aromatic carbocycles. The Bertz CT molecular complexity index is 672. The maximum atomic E-state index is 13.0. The van der Waals surface area contributed by atoms with Crippen molar-refractivity contribution in [3.63, 3.8) is 0 Å². The molecule has 7 heteroatoms. The Morgan fingerprint density at radius 1 is 0.773 bits per heavy atom. The molecule has 0 aromatic heterocycles. The molecule has 2 aromatic rings. The van der Waals surface area contributed by atoms with Crippen molar-refractivity contribution in [2.24, 2.45) is 0 Å². The molecule has 0 atom stereocenters. The van der Waals surface area contributed by atoms with Crippen molar-refractivity contribution in [3.05, 3.63) is 59.2 Å². The van der Waals surface area contributed by atoms with Gasteiger partial charge in [0.1, 0.15) is 0 Å². The fourth-order valence-corrected chi connectivity index (χ4v) is 2.33. The summed E-state index contributed by atoms with van der Waals surface area (Å²) in [7, 11) is 0. The highest BCUT2D eigenvalue weighted by molar-refractivity contribution is 6.17. The molecule has 0 fully saturated rings. The number of hydrogen-bond acceptors (Lipinski definition) is 0. The Morgan fingerprint density at radius 2 is 1.41 bits per heavy atom. The molecular formula is C15H9ClF6. The zero-order valence-electron chi connectivity index (χ0n) is 10.9. The lowest BCUT2D eigenvalue weighted by Gasteiger charge is -2.16. The van der Waals surface area contributed by atoms with Gasteiger partial charge in [0.15, 0.2) is 0 Å². The van der Waals surface area contributed by atoms with E-state index in [4.69, 9.17) is 11.6 Å². The van der Waals surface area contributed by atoms with Gasteiger partial charge in [0, 0.05) is 5.88 Å². The molecule has 0 saturated heterocycles. The van der Waals surface area contributed by atoms with Crippen LogP contribution in [0.5, 0.6) is 0 Å². The lowest BCUT2D eigenvalue weighted by molar-refractivity contribution is -0.138. The van der Waals surface area contributed by atoms with Crippen molar-refractivity contribution in [2.75, 3.05) is 0 Å². The predicted octanol–water partition coefficient (Wildman–Crippen LogP) is 6.13. The van der Waals surface area contributed by atoms with Crippen LogP contribution in [0.3, 0.4) is 0 Å². The van der Waals surface area contributed by atoms with E-state index in [-0.39, 0.29) is 22.6 Å². The SMILES string of the molecule is FC(F)(F)c1ccc(-c2ccccc2C(F)(F)F)c(CCl)c1. The zero-order valence-corrected chi connectivity index (χ0v) is 11.7. The second-order valence-corrected chi connectivity index (χ2v) is 4.81. The van der Waals surface area contributed by atoms with Gasteiger partial charge in [-0.25, -0.2) is 0 Å². The zero-order chi connectivity index (χ0) is 16.5. The van der Waals surface area contributed by atoms with Gasteiger partial charge in [-0.1, -0.05) is 24.3 Å². The molecule has 0 spiro atoms. The third kappa shape index (κ3) is 3.38. The maximum Gasteiger partial charge on any atom is 0.417 e. The molecule has 0 aliphatic carbocycles. The van der Waals surface area contributed by atoms with Crippen LogP contribution < -0.4 is 0 Å². The van der Waals surface area contributed by atoms with Crippen LogP contribution >= 0.6 is 11.6 Å². The molecule has 0 aliphatic heterocycles. The highest BCUT2D eigenvalue weighted by atomic mass is 35.5. The molecule has 0 nitrogen and oxygen atoms in total. The first-order valence-corrected chi connectivity index (χ1v) is 6.60. The summed E-state index contributed by atoms with van der Waals surface area (Å²) in [6.45, 7) is 0. The van der Waals surface area contributed by atoms with Gasteiger partial charge in [0.05, 0.1) is 11.1 Å². The molecule has 0 heterocycles. The first-order chi connectivity index (χ1) is 10.1. The standard InChI is InChI=1S/C15H9ClF6/c16-8-9-7-10(14(17,18)19)5-6-11(9)12-3-1-2-4-13(12)15(20,21)22/h1-7H,8H2. The van der Waals surface area contributed by atoms with Crippen LogP contribution in [-0.4, -0.2) is 0 Å². The van der Waals surface area contributed by atoms with E-state index in [1.54, 1.807) is 0 Å². The lowest BCUT2D eigenvalue weighted by Crippen LogP contribution is -2.09. The smallest absolute Gasteiger partial charge is 0.166 e. The maximum absolute atomic E-state index is 13.0. The predicted molar refractivity (Wildman–Crippen MR) is 71.4 cm³/mol. The average Bonchev–Trinajstić information content (AvgIpc) is 2.44. The van der Waals surface area contributed by atoms with Crippen LogP contribution in [0.4, 0.5) is 26.3 Å². The monoisotopic (exact) mass is 338 g/mol. The third-order valence-electron chi connectivity index (χ3n) is 3.10. The largest absolute Gasteiger partial charge is 0.417 e. The van der Waals surface area contributed by atoms with Crippen LogP contribution in [0.1, 0.15) is 16.7 Å². The normalized spacial score (nSPS) is 12.5. The van der Waals surface area contributed by atoms with E-state index in [9.17, 15) is 26.3 Å². The summed E-state index contributed by atoms with van der Waals surface area (Å²) in [5.41, 5.74) is -2.03. The first-order valence-electron chi connectivity index (χ1n) is 6.07. The molecule has 2 rings (SSSR count). The van der Waals surface area contributed by atoms with E-state index < -0.39 is 23.5 Å². The van der Waals surface area contributed by atoms with Gasteiger partial charge in [-0.2, -0.15) is 26.3 Å². The van der Waals surface area contributed by atoms with E-state index in [2.05, 4.69) is 0 Å². The summed E-state index contributed by atoms with van der Waals surface area (Å²) in [5.74, 6) is -0.328. The van der Waals surface area contributed by atoms with Crippen LogP contribution in [0, 0.1) is 0 Å². The fourth-order valence-electron chi connectivity index (χ4n) is 2.11. The topological polar surface area (TPSA) is 0 Å². The minimum atomic E-state index is -4.61. The number of rotatable bonds is 2. The molecular weight excluding hydrogens is 330 g/mol. The van der Waals surface area contributed by atoms with Crippen LogP contribution in [0.2, 0.25) is 0 Å². The van der Waals surface area contributed by atoms with Crippen molar-refractivity contribution < 1.29 is 26.3 Å². The third-order valence-corrected chi connectivity index (χ3v) is 3.39. The summed E-state index contributed by atoms with van der Waals surface area (Å²) in [6.07, 6.45) is -9.19. The Kier molecular flexibility index (Phi) is 4.42. The Morgan fingerprint density at radius 3 is 1.95 bits per heavy atom. The van der Waals surface area contributed by atoms with Gasteiger partial charge in [0.2, 0.25) is 0 Å². The van der Waals surface area contributed by atoms with Gasteiger partial charge < -0.3 is 0 Å². The molecule has 0 unspecified atom stereocenters. The van der Waals surface area contributed by atoms with E-state index in [1.165, 1.54) is 18.2 Å². The number of alkyl halides is 7. The Labute approximate surface area is 127 Å². The first kappa shape index (κ1) is 16.7. The molecule has 0 bridgehead atoms. The van der Waals surface area contributed by atoms with Crippen molar-refractivity contribution in [3.8, 4) is 11.1 Å². The van der Waals surface area contributed by atoms with Crippen molar-refractivity contribution in [1.29, 1.82) is 0 Å². The van der Waals surface area contributed by atoms with E-state index in [1.807, 2.05) is 0 Å². The quantitative estimate of drug-likeness (QED) is 0.456. The molecule has 0 amide bonds. The molecule has 0 N–H and O–H groups in total. The van der Waals surface area contributed by atoms with Gasteiger partial charge >= 0.3 is 12.4 Å². The summed E-state index contributed by atoms with van der Waals surface area (Å²) in [6, 6.07) is 7.24. The molecule has 0 radical (unpaired) electrons. The molecule has 0 aliphatic rings. The van der Waals surface area contributed by atoms with E-state index in [0.717, 1.165) is 24.3 Å². The Hall–Kier alpha value is -1.69. The summed E-state index contributed by atoms with van der Waals surface area (Å²) < 4.78 is 77.1. The second-order valence-electron chi connectivity index (χ2n) is 4.55. The van der Waals surface area contributed by atoms with Crippen LogP contribution in [-0.2, 0) is 18.2 Å². The van der Waals surface area contributed by atoms with Crippen molar-refractivity contribution >= 4 is 11.6 Å². The summed E-state index contributed by atoms with van der Waals surface area (Å²) in [5, 5.41) is 0. The minimum Gasteiger partial charge on any atom is -0.166 e. The van der Waals surface area contributed by atoms with Crippen LogP contribution in [0.15, 0.2) is 42.5 Å². The lowest BCUT2D eigenvalue weighted by atomic mass is 9.94. The number of halogens is 7. The fraction of sp³-hybridized carbons (Fsp3) is 0.200. The van der Waals surface area contributed by atoms with Gasteiger partial charge in [-0.05, 0) is 34.9 Å². The molecule has 0 saturated carbocycles. The second kappa shape index (κ2) is 5.83.